The zero-order valence-corrected chi connectivity index (χ0v) is 8.84. The van der Waals surface area contributed by atoms with Gasteiger partial charge < -0.3 is 4.90 Å². The van der Waals surface area contributed by atoms with Gasteiger partial charge in [-0.15, -0.1) is 0 Å². The number of amides is 1. The van der Waals surface area contributed by atoms with Crippen molar-refractivity contribution >= 4 is 5.91 Å². The average molecular weight is 181 g/mol. The summed E-state index contributed by atoms with van der Waals surface area (Å²) in [4.78, 5) is 14.1. The molecule has 2 bridgehead atoms. The van der Waals surface area contributed by atoms with Crippen molar-refractivity contribution in [2.75, 3.05) is 0 Å². The fraction of sp³-hybridized carbons (Fsp3) is 0.909. The molecule has 0 aromatic heterocycles. The molecule has 2 nitrogen and oxygen atoms in total. The van der Waals surface area contributed by atoms with E-state index in [4.69, 9.17) is 0 Å². The Balaban J connectivity index is 2.06. The molecular formula is C11H19NO. The molecule has 1 saturated carbocycles. The summed E-state index contributed by atoms with van der Waals surface area (Å²) in [5.74, 6) is 0.355. The van der Waals surface area contributed by atoms with E-state index in [2.05, 4.69) is 4.90 Å². The van der Waals surface area contributed by atoms with E-state index >= 15 is 0 Å². The highest BCUT2D eigenvalue weighted by Gasteiger charge is 2.46. The Hall–Kier alpha value is -0.530. The van der Waals surface area contributed by atoms with Crippen molar-refractivity contribution in [1.29, 1.82) is 0 Å². The van der Waals surface area contributed by atoms with E-state index in [0.29, 0.717) is 18.0 Å². The highest BCUT2D eigenvalue weighted by atomic mass is 16.2. The molecule has 2 saturated heterocycles. The predicted molar refractivity (Wildman–Crippen MR) is 52.3 cm³/mol. The summed E-state index contributed by atoms with van der Waals surface area (Å²) in [7, 11) is 0. The second-order valence-electron chi connectivity index (χ2n) is 5.44. The molecule has 0 aromatic rings. The van der Waals surface area contributed by atoms with Crippen LogP contribution >= 0.6 is 0 Å². The van der Waals surface area contributed by atoms with Gasteiger partial charge in [-0.05, 0) is 25.7 Å². The van der Waals surface area contributed by atoms with Crippen LogP contribution in [0.3, 0.4) is 0 Å². The molecule has 74 valence electrons. The minimum atomic E-state index is -0.186. The van der Waals surface area contributed by atoms with Crippen LogP contribution in [0.4, 0.5) is 0 Å². The minimum absolute atomic E-state index is 0.186. The molecule has 2 unspecified atom stereocenters. The lowest BCUT2D eigenvalue weighted by Gasteiger charge is -2.54. The average Bonchev–Trinajstić information content (AvgIpc) is 2.03. The van der Waals surface area contributed by atoms with Crippen molar-refractivity contribution in [3.63, 3.8) is 0 Å². The van der Waals surface area contributed by atoms with Gasteiger partial charge in [-0.2, -0.15) is 0 Å². The van der Waals surface area contributed by atoms with E-state index in [-0.39, 0.29) is 5.41 Å². The van der Waals surface area contributed by atoms with Crippen LogP contribution in [0.25, 0.3) is 0 Å². The van der Waals surface area contributed by atoms with Crippen LogP contribution in [0, 0.1) is 5.41 Å². The molecule has 2 atom stereocenters. The summed E-state index contributed by atoms with van der Waals surface area (Å²) in [6, 6.07) is 1.18. The molecule has 3 rings (SSSR count). The van der Waals surface area contributed by atoms with Crippen LogP contribution in [0.2, 0.25) is 0 Å². The number of fused-ring (bicyclic) bond motifs is 2. The van der Waals surface area contributed by atoms with Crippen molar-refractivity contribution in [3.05, 3.63) is 0 Å². The van der Waals surface area contributed by atoms with Gasteiger partial charge in [0.25, 0.3) is 0 Å². The van der Waals surface area contributed by atoms with Crippen LogP contribution in [0.1, 0.15) is 46.5 Å². The third-order valence-corrected chi connectivity index (χ3v) is 3.28. The predicted octanol–water partition coefficient (Wildman–Crippen LogP) is 2.19. The smallest absolute Gasteiger partial charge is 0.228 e. The molecule has 0 radical (unpaired) electrons. The van der Waals surface area contributed by atoms with Crippen LogP contribution in [0.15, 0.2) is 0 Å². The summed E-state index contributed by atoms with van der Waals surface area (Å²) in [5, 5.41) is 0. The monoisotopic (exact) mass is 181 g/mol. The lowest BCUT2D eigenvalue weighted by atomic mass is 9.77. The van der Waals surface area contributed by atoms with Crippen molar-refractivity contribution in [3.8, 4) is 0 Å². The maximum Gasteiger partial charge on any atom is 0.228 e. The lowest BCUT2D eigenvalue weighted by molar-refractivity contribution is -0.158. The molecule has 0 spiro atoms. The van der Waals surface area contributed by atoms with Crippen molar-refractivity contribution < 1.29 is 4.79 Å². The molecular weight excluding hydrogens is 162 g/mol. The van der Waals surface area contributed by atoms with Gasteiger partial charge in [-0.3, -0.25) is 4.79 Å². The standard InChI is InChI=1S/C11H19NO/c1-11(2,3)10(13)12-8-5-4-6-9(12)7-8/h8-9H,4-7H2,1-3H3. The summed E-state index contributed by atoms with van der Waals surface area (Å²) in [6.07, 6.45) is 5.06. The third kappa shape index (κ3) is 1.36. The molecule has 2 aliphatic heterocycles. The van der Waals surface area contributed by atoms with Gasteiger partial charge in [-0.25, -0.2) is 0 Å². The Morgan fingerprint density at radius 1 is 1.23 bits per heavy atom. The zero-order chi connectivity index (χ0) is 9.64. The van der Waals surface area contributed by atoms with Gasteiger partial charge in [0.15, 0.2) is 0 Å². The number of hydrogen-bond donors (Lipinski definition) is 0. The Bertz CT molecular complexity index is 215. The molecule has 1 aliphatic carbocycles. The van der Waals surface area contributed by atoms with E-state index in [1.165, 1.54) is 25.7 Å². The first-order valence-electron chi connectivity index (χ1n) is 5.33. The van der Waals surface area contributed by atoms with Crippen LogP contribution < -0.4 is 0 Å². The molecule has 0 N–H and O–H groups in total. The quantitative estimate of drug-likeness (QED) is 0.561. The molecule has 0 aromatic carbocycles. The van der Waals surface area contributed by atoms with Crippen LogP contribution in [0.5, 0.6) is 0 Å². The molecule has 13 heavy (non-hydrogen) atoms. The van der Waals surface area contributed by atoms with Gasteiger partial charge in [0.05, 0.1) is 0 Å². The molecule has 1 amide bonds. The first-order valence-corrected chi connectivity index (χ1v) is 5.33. The highest BCUT2D eigenvalue weighted by Crippen LogP contribution is 2.40. The second kappa shape index (κ2) is 2.73. The lowest BCUT2D eigenvalue weighted by Crippen LogP contribution is -2.63. The van der Waals surface area contributed by atoms with E-state index < -0.39 is 0 Å². The normalized spacial score (nSPS) is 32.7. The molecule has 2 heteroatoms. The summed E-state index contributed by atoms with van der Waals surface area (Å²) in [5.41, 5.74) is -0.186. The summed E-state index contributed by atoms with van der Waals surface area (Å²) >= 11 is 0. The number of carbonyl (C=O) groups is 1. The van der Waals surface area contributed by atoms with Gasteiger partial charge >= 0.3 is 0 Å². The molecule has 3 fully saturated rings. The number of piperidine rings is 1. The van der Waals surface area contributed by atoms with Crippen LogP contribution in [-0.4, -0.2) is 22.9 Å². The zero-order valence-electron chi connectivity index (χ0n) is 8.84. The number of carbonyl (C=O) groups excluding carboxylic acids is 1. The van der Waals surface area contributed by atoms with Crippen molar-refractivity contribution in [1.82, 2.24) is 4.90 Å². The largest absolute Gasteiger partial charge is 0.336 e. The fourth-order valence-corrected chi connectivity index (χ4v) is 2.52. The van der Waals surface area contributed by atoms with Crippen molar-refractivity contribution in [2.24, 2.45) is 5.41 Å². The number of nitrogens with zero attached hydrogens (tertiary/aromatic N) is 1. The van der Waals surface area contributed by atoms with Gasteiger partial charge in [0, 0.05) is 17.5 Å². The van der Waals surface area contributed by atoms with Gasteiger partial charge in [0.1, 0.15) is 0 Å². The Labute approximate surface area is 80.3 Å². The highest BCUT2D eigenvalue weighted by molar-refractivity contribution is 5.83. The maximum atomic E-state index is 12.0. The topological polar surface area (TPSA) is 20.3 Å². The van der Waals surface area contributed by atoms with Crippen LogP contribution in [-0.2, 0) is 4.79 Å². The first-order chi connectivity index (χ1) is 6.00. The van der Waals surface area contributed by atoms with Gasteiger partial charge in [-0.1, -0.05) is 20.8 Å². The second-order valence-corrected chi connectivity index (χ2v) is 5.44. The summed E-state index contributed by atoms with van der Waals surface area (Å²) in [6.45, 7) is 6.05. The Kier molecular flexibility index (Phi) is 1.90. The minimum Gasteiger partial charge on any atom is -0.336 e. The van der Waals surface area contributed by atoms with Gasteiger partial charge in [0.2, 0.25) is 5.91 Å². The van der Waals surface area contributed by atoms with E-state index in [0.717, 1.165) is 0 Å². The third-order valence-electron chi connectivity index (χ3n) is 3.28. The Morgan fingerprint density at radius 2 is 1.77 bits per heavy atom. The number of hydrogen-bond acceptors (Lipinski definition) is 1. The maximum absolute atomic E-state index is 12.0. The fourth-order valence-electron chi connectivity index (χ4n) is 2.52. The van der Waals surface area contributed by atoms with E-state index in [9.17, 15) is 4.79 Å². The van der Waals surface area contributed by atoms with E-state index in [1.807, 2.05) is 20.8 Å². The van der Waals surface area contributed by atoms with E-state index in [1.54, 1.807) is 0 Å². The molecule has 3 aliphatic rings. The number of rotatable bonds is 0. The SMILES string of the molecule is CC(C)(C)C(=O)N1C2CCCC1C2. The Morgan fingerprint density at radius 3 is 2.15 bits per heavy atom. The first kappa shape index (κ1) is 9.04. The summed E-state index contributed by atoms with van der Waals surface area (Å²) < 4.78 is 0. The van der Waals surface area contributed by atoms with Crippen molar-refractivity contribution in [2.45, 2.75) is 58.5 Å². The molecule has 2 heterocycles.